The van der Waals surface area contributed by atoms with Crippen LogP contribution in [-0.4, -0.2) is 45.5 Å². The molecule has 7 heteroatoms. The van der Waals surface area contributed by atoms with Crippen LogP contribution in [0, 0.1) is 5.82 Å². The molecule has 1 atom stereocenters. The van der Waals surface area contributed by atoms with E-state index >= 15 is 0 Å². The zero-order valence-corrected chi connectivity index (χ0v) is 11.1. The summed E-state index contributed by atoms with van der Waals surface area (Å²) < 4.78 is 41.6. The number of aromatic nitrogens is 1. The Morgan fingerprint density at radius 3 is 2.83 bits per heavy atom. The fourth-order valence-electron chi connectivity index (χ4n) is 1.91. The molecule has 2 rings (SSSR count). The van der Waals surface area contributed by atoms with Crippen LogP contribution in [-0.2, 0) is 14.6 Å². The molecule has 0 aliphatic carbocycles. The summed E-state index contributed by atoms with van der Waals surface area (Å²) in [5.74, 6) is -0.811. The van der Waals surface area contributed by atoms with E-state index in [0.29, 0.717) is 25.4 Å². The molecule has 100 valence electrons. The van der Waals surface area contributed by atoms with Crippen LogP contribution in [0.1, 0.15) is 6.92 Å². The van der Waals surface area contributed by atoms with Crippen LogP contribution in [0.15, 0.2) is 17.3 Å². The second-order valence-electron chi connectivity index (χ2n) is 4.38. The van der Waals surface area contributed by atoms with Crippen LogP contribution in [0.4, 0.5) is 10.1 Å². The molecule has 1 aromatic heterocycles. The highest BCUT2D eigenvalue weighted by Gasteiger charge is 2.21. The van der Waals surface area contributed by atoms with Crippen LogP contribution in [0.25, 0.3) is 0 Å². The Balaban J connectivity index is 2.29. The number of pyridine rings is 1. The predicted molar refractivity (Wildman–Crippen MR) is 64.9 cm³/mol. The topological polar surface area (TPSA) is 59.5 Å². The van der Waals surface area contributed by atoms with E-state index in [1.165, 1.54) is 12.3 Å². The molecule has 1 aliphatic heterocycles. The third-order valence-electron chi connectivity index (χ3n) is 2.75. The van der Waals surface area contributed by atoms with Crippen LogP contribution < -0.4 is 4.90 Å². The number of hydrogen-bond donors (Lipinski definition) is 0. The maximum atomic E-state index is 13.7. The van der Waals surface area contributed by atoms with E-state index in [0.717, 1.165) is 6.26 Å². The van der Waals surface area contributed by atoms with Crippen LogP contribution in [0.5, 0.6) is 0 Å². The molecule has 0 N–H and O–H groups in total. The SMILES string of the molecule is CC1CN(c2cnc(S(C)(=O)=O)c(F)c2)CCO1. The first-order valence-corrected chi connectivity index (χ1v) is 7.49. The van der Waals surface area contributed by atoms with Gasteiger partial charge in [0.15, 0.2) is 20.7 Å². The van der Waals surface area contributed by atoms with Crippen molar-refractivity contribution < 1.29 is 17.5 Å². The van der Waals surface area contributed by atoms with Crippen molar-refractivity contribution in [3.05, 3.63) is 18.1 Å². The monoisotopic (exact) mass is 274 g/mol. The van der Waals surface area contributed by atoms with Gasteiger partial charge in [-0.1, -0.05) is 0 Å². The van der Waals surface area contributed by atoms with Crippen LogP contribution >= 0.6 is 0 Å². The molecule has 1 unspecified atom stereocenters. The minimum absolute atomic E-state index is 0.0661. The van der Waals surface area contributed by atoms with Gasteiger partial charge in [0.1, 0.15) is 0 Å². The summed E-state index contributed by atoms with van der Waals surface area (Å²) in [4.78, 5) is 5.63. The molecular weight excluding hydrogens is 259 g/mol. The highest BCUT2D eigenvalue weighted by Crippen LogP contribution is 2.21. The van der Waals surface area contributed by atoms with Gasteiger partial charge < -0.3 is 9.64 Å². The van der Waals surface area contributed by atoms with Gasteiger partial charge in [-0.25, -0.2) is 17.8 Å². The molecule has 1 saturated heterocycles. The molecule has 1 fully saturated rings. The number of rotatable bonds is 2. The number of morpholine rings is 1. The van der Waals surface area contributed by atoms with Crippen molar-refractivity contribution in [1.29, 1.82) is 0 Å². The lowest BCUT2D eigenvalue weighted by Gasteiger charge is -2.32. The van der Waals surface area contributed by atoms with Crippen molar-refractivity contribution in [2.75, 3.05) is 30.9 Å². The standard InChI is InChI=1S/C11H15FN2O3S/c1-8-7-14(3-4-17-8)9-5-10(12)11(13-6-9)18(2,15)16/h5-6,8H,3-4,7H2,1-2H3. The highest BCUT2D eigenvalue weighted by molar-refractivity contribution is 7.90. The first-order valence-electron chi connectivity index (χ1n) is 5.60. The molecular formula is C11H15FN2O3S. The third kappa shape index (κ3) is 2.78. The second-order valence-corrected chi connectivity index (χ2v) is 6.31. The molecule has 2 heterocycles. The predicted octanol–water partition coefficient (Wildman–Crippen LogP) is 0.849. The summed E-state index contributed by atoms with van der Waals surface area (Å²) in [6.07, 6.45) is 2.39. The average Bonchev–Trinajstić information content (AvgIpc) is 2.27. The molecule has 0 aromatic carbocycles. The lowest BCUT2D eigenvalue weighted by molar-refractivity contribution is 0.0532. The van der Waals surface area contributed by atoms with Crippen molar-refractivity contribution in [3.8, 4) is 0 Å². The Labute approximate surface area is 105 Å². The van der Waals surface area contributed by atoms with Gasteiger partial charge in [0.2, 0.25) is 0 Å². The van der Waals surface area contributed by atoms with Crippen LogP contribution in [0.3, 0.4) is 0 Å². The maximum Gasteiger partial charge on any atom is 0.195 e. The Morgan fingerprint density at radius 2 is 2.28 bits per heavy atom. The van der Waals surface area contributed by atoms with Crippen molar-refractivity contribution in [3.63, 3.8) is 0 Å². The van der Waals surface area contributed by atoms with Gasteiger partial charge in [-0.15, -0.1) is 0 Å². The number of anilines is 1. The lowest BCUT2D eigenvalue weighted by atomic mass is 10.2. The summed E-state index contributed by atoms with van der Waals surface area (Å²) in [7, 11) is -3.62. The zero-order valence-electron chi connectivity index (χ0n) is 10.3. The molecule has 18 heavy (non-hydrogen) atoms. The lowest BCUT2D eigenvalue weighted by Crippen LogP contribution is -2.41. The van der Waals surface area contributed by atoms with Crippen molar-refractivity contribution in [1.82, 2.24) is 4.98 Å². The van der Waals surface area contributed by atoms with Gasteiger partial charge in [-0.2, -0.15) is 0 Å². The van der Waals surface area contributed by atoms with Gasteiger partial charge in [0.25, 0.3) is 0 Å². The van der Waals surface area contributed by atoms with E-state index in [2.05, 4.69) is 4.98 Å². The minimum atomic E-state index is -3.62. The molecule has 0 spiro atoms. The fraction of sp³-hybridized carbons (Fsp3) is 0.545. The van der Waals surface area contributed by atoms with Gasteiger partial charge in [0, 0.05) is 25.4 Å². The Morgan fingerprint density at radius 1 is 1.56 bits per heavy atom. The molecule has 0 saturated carbocycles. The highest BCUT2D eigenvalue weighted by atomic mass is 32.2. The Hall–Kier alpha value is -1.21. The summed E-state index contributed by atoms with van der Waals surface area (Å²) in [5.41, 5.74) is 0.579. The number of sulfone groups is 1. The molecule has 1 aliphatic rings. The summed E-state index contributed by atoms with van der Waals surface area (Å²) in [5, 5.41) is -0.507. The fourth-order valence-corrected chi connectivity index (χ4v) is 2.57. The number of halogens is 1. The smallest absolute Gasteiger partial charge is 0.195 e. The van der Waals surface area contributed by atoms with Crippen molar-refractivity contribution >= 4 is 15.5 Å². The normalized spacial score (nSPS) is 21.1. The molecule has 0 radical (unpaired) electrons. The summed E-state index contributed by atoms with van der Waals surface area (Å²) in [6.45, 7) is 3.78. The molecule has 0 amide bonds. The molecule has 0 bridgehead atoms. The van der Waals surface area contributed by atoms with Crippen molar-refractivity contribution in [2.45, 2.75) is 18.1 Å². The van der Waals surface area contributed by atoms with Gasteiger partial charge in [0.05, 0.1) is 24.6 Å². The average molecular weight is 274 g/mol. The van der Waals surface area contributed by atoms with E-state index in [1.807, 2.05) is 11.8 Å². The van der Waals surface area contributed by atoms with Gasteiger partial charge in [-0.05, 0) is 6.92 Å². The van der Waals surface area contributed by atoms with E-state index in [4.69, 9.17) is 4.74 Å². The third-order valence-corrected chi connectivity index (χ3v) is 3.75. The minimum Gasteiger partial charge on any atom is -0.375 e. The van der Waals surface area contributed by atoms with Crippen molar-refractivity contribution in [2.24, 2.45) is 0 Å². The van der Waals surface area contributed by atoms with E-state index < -0.39 is 20.7 Å². The van der Waals surface area contributed by atoms with Gasteiger partial charge in [-0.3, -0.25) is 0 Å². The molecule has 5 nitrogen and oxygen atoms in total. The largest absolute Gasteiger partial charge is 0.375 e. The van der Waals surface area contributed by atoms with E-state index in [-0.39, 0.29) is 6.10 Å². The van der Waals surface area contributed by atoms with E-state index in [1.54, 1.807) is 0 Å². The zero-order chi connectivity index (χ0) is 13.3. The van der Waals surface area contributed by atoms with Crippen LogP contribution in [0.2, 0.25) is 0 Å². The first kappa shape index (κ1) is 13.2. The number of nitrogens with zero attached hydrogens (tertiary/aromatic N) is 2. The van der Waals surface area contributed by atoms with E-state index in [9.17, 15) is 12.8 Å². The Kier molecular flexibility index (Phi) is 3.54. The number of hydrogen-bond acceptors (Lipinski definition) is 5. The summed E-state index contributed by atoms with van der Waals surface area (Å²) in [6, 6.07) is 1.21. The summed E-state index contributed by atoms with van der Waals surface area (Å²) >= 11 is 0. The first-order chi connectivity index (χ1) is 8.38. The van der Waals surface area contributed by atoms with Gasteiger partial charge >= 0.3 is 0 Å². The second kappa shape index (κ2) is 4.81. The Bertz CT molecular complexity index is 547. The molecule has 1 aromatic rings. The quantitative estimate of drug-likeness (QED) is 0.800. The maximum absolute atomic E-state index is 13.7. The number of ether oxygens (including phenoxy) is 1.